The first kappa shape index (κ1) is 13.0. The summed E-state index contributed by atoms with van der Waals surface area (Å²) < 4.78 is 9.87. The maximum Gasteiger partial charge on any atom is 0.311 e. The molecule has 1 heterocycles. The van der Waals surface area contributed by atoms with Crippen LogP contribution in [0, 0.1) is 10.1 Å². The van der Waals surface area contributed by atoms with Crippen LogP contribution >= 0.6 is 0 Å². The normalized spacial score (nSPS) is 10.4. The number of nitro benzene ring substituents is 1. The van der Waals surface area contributed by atoms with Crippen molar-refractivity contribution in [2.45, 2.75) is 13.1 Å². The van der Waals surface area contributed by atoms with Gasteiger partial charge < -0.3 is 14.6 Å². The highest BCUT2D eigenvalue weighted by Crippen LogP contribution is 2.27. The van der Waals surface area contributed by atoms with Crippen LogP contribution in [0.25, 0.3) is 0 Å². The molecular formula is C12H13N3O4. The Morgan fingerprint density at radius 1 is 1.42 bits per heavy atom. The second-order valence-electron chi connectivity index (χ2n) is 3.85. The molecule has 0 unspecified atom stereocenters. The van der Waals surface area contributed by atoms with Crippen LogP contribution in [0.4, 0.5) is 5.69 Å². The lowest BCUT2D eigenvalue weighted by atomic mass is 10.2. The summed E-state index contributed by atoms with van der Waals surface area (Å²) in [6, 6.07) is 6.61. The van der Waals surface area contributed by atoms with Gasteiger partial charge in [-0.1, -0.05) is 11.2 Å². The van der Waals surface area contributed by atoms with Gasteiger partial charge >= 0.3 is 5.69 Å². The van der Waals surface area contributed by atoms with Crippen molar-refractivity contribution >= 4 is 5.69 Å². The average molecular weight is 263 g/mol. The number of aromatic nitrogens is 1. The van der Waals surface area contributed by atoms with E-state index in [0.717, 1.165) is 5.56 Å². The maximum absolute atomic E-state index is 10.9. The minimum Gasteiger partial charge on any atom is -0.490 e. The Bertz CT molecular complexity index is 554. The van der Waals surface area contributed by atoms with Gasteiger partial charge in [-0.25, -0.2) is 0 Å². The van der Waals surface area contributed by atoms with Gasteiger partial charge in [-0.3, -0.25) is 10.1 Å². The highest BCUT2D eigenvalue weighted by atomic mass is 16.6. The molecule has 100 valence electrons. The van der Waals surface area contributed by atoms with Crippen LogP contribution in [0.2, 0.25) is 0 Å². The van der Waals surface area contributed by atoms with Crippen molar-refractivity contribution in [3.63, 3.8) is 0 Å². The van der Waals surface area contributed by atoms with Gasteiger partial charge in [0.1, 0.15) is 5.76 Å². The van der Waals surface area contributed by atoms with Gasteiger partial charge in [0, 0.05) is 18.7 Å². The van der Waals surface area contributed by atoms with Crippen LogP contribution in [0.3, 0.4) is 0 Å². The summed E-state index contributed by atoms with van der Waals surface area (Å²) in [4.78, 5) is 10.4. The fourth-order valence-electron chi connectivity index (χ4n) is 1.65. The van der Waals surface area contributed by atoms with Crippen LogP contribution in [-0.4, -0.2) is 17.2 Å². The summed E-state index contributed by atoms with van der Waals surface area (Å²) >= 11 is 0. The molecule has 0 bridgehead atoms. The van der Waals surface area contributed by atoms with Crippen molar-refractivity contribution < 1.29 is 14.2 Å². The molecule has 0 spiro atoms. The van der Waals surface area contributed by atoms with E-state index in [1.807, 2.05) is 0 Å². The number of nitrogens with one attached hydrogen (secondary N) is 1. The quantitative estimate of drug-likeness (QED) is 0.632. The van der Waals surface area contributed by atoms with Crippen molar-refractivity contribution in [1.82, 2.24) is 10.5 Å². The van der Waals surface area contributed by atoms with Crippen molar-refractivity contribution in [3.05, 3.63) is 51.9 Å². The number of nitro groups is 1. The molecule has 1 aromatic carbocycles. The molecule has 7 heteroatoms. The number of methoxy groups -OCH3 is 1. The van der Waals surface area contributed by atoms with E-state index in [4.69, 9.17) is 9.26 Å². The van der Waals surface area contributed by atoms with E-state index in [-0.39, 0.29) is 11.4 Å². The first-order valence-electron chi connectivity index (χ1n) is 5.62. The molecule has 0 fully saturated rings. The minimum atomic E-state index is -0.460. The molecule has 0 atom stereocenters. The van der Waals surface area contributed by atoms with Gasteiger partial charge in [-0.05, 0) is 11.6 Å². The topological polar surface area (TPSA) is 90.4 Å². The number of benzene rings is 1. The monoisotopic (exact) mass is 263 g/mol. The Kier molecular flexibility index (Phi) is 4.09. The predicted molar refractivity (Wildman–Crippen MR) is 66.7 cm³/mol. The third-order valence-corrected chi connectivity index (χ3v) is 2.56. The maximum atomic E-state index is 10.9. The summed E-state index contributed by atoms with van der Waals surface area (Å²) in [5, 5.41) is 17.6. The molecule has 1 N–H and O–H groups in total. The van der Waals surface area contributed by atoms with Crippen LogP contribution in [-0.2, 0) is 13.1 Å². The van der Waals surface area contributed by atoms with E-state index < -0.39 is 4.92 Å². The van der Waals surface area contributed by atoms with E-state index in [1.54, 1.807) is 24.4 Å². The molecule has 7 nitrogen and oxygen atoms in total. The van der Waals surface area contributed by atoms with Gasteiger partial charge in [-0.15, -0.1) is 0 Å². The molecule has 0 saturated heterocycles. The first-order chi connectivity index (χ1) is 9.20. The molecule has 0 amide bonds. The Labute approximate surface area is 109 Å². The molecule has 2 aromatic rings. The Hall–Kier alpha value is -2.41. The van der Waals surface area contributed by atoms with Crippen LogP contribution in [0.1, 0.15) is 11.3 Å². The lowest BCUT2D eigenvalue weighted by molar-refractivity contribution is -0.385. The number of hydrogen-bond donors (Lipinski definition) is 1. The zero-order chi connectivity index (χ0) is 13.7. The third kappa shape index (κ3) is 3.29. The van der Waals surface area contributed by atoms with Gasteiger partial charge in [0.2, 0.25) is 0 Å². The smallest absolute Gasteiger partial charge is 0.311 e. The SMILES string of the molecule is COc1ccc(CNCc2ccno2)cc1[N+](=O)[O-]. The van der Waals surface area contributed by atoms with Gasteiger partial charge in [0.15, 0.2) is 5.75 Å². The third-order valence-electron chi connectivity index (χ3n) is 2.56. The van der Waals surface area contributed by atoms with E-state index >= 15 is 0 Å². The largest absolute Gasteiger partial charge is 0.490 e. The Morgan fingerprint density at radius 3 is 2.89 bits per heavy atom. The minimum absolute atomic E-state index is 0.0403. The van der Waals surface area contributed by atoms with Crippen LogP contribution < -0.4 is 10.1 Å². The molecule has 0 aliphatic carbocycles. The average Bonchev–Trinajstić information content (AvgIpc) is 2.91. The Morgan fingerprint density at radius 2 is 2.26 bits per heavy atom. The molecule has 1 aromatic heterocycles. The molecule has 0 radical (unpaired) electrons. The van der Waals surface area contributed by atoms with E-state index in [0.29, 0.717) is 18.8 Å². The van der Waals surface area contributed by atoms with Gasteiger partial charge in [0.05, 0.1) is 24.8 Å². The molecule has 19 heavy (non-hydrogen) atoms. The first-order valence-corrected chi connectivity index (χ1v) is 5.62. The predicted octanol–water partition coefficient (Wildman–Crippen LogP) is 1.88. The molecule has 0 aliphatic heterocycles. The van der Waals surface area contributed by atoms with Gasteiger partial charge in [0.25, 0.3) is 0 Å². The molecule has 0 aliphatic rings. The van der Waals surface area contributed by atoms with E-state index in [9.17, 15) is 10.1 Å². The second kappa shape index (κ2) is 5.96. The van der Waals surface area contributed by atoms with E-state index in [2.05, 4.69) is 10.5 Å². The summed E-state index contributed by atoms with van der Waals surface area (Å²) in [5.41, 5.74) is 0.758. The van der Waals surface area contributed by atoms with Gasteiger partial charge in [-0.2, -0.15) is 0 Å². The van der Waals surface area contributed by atoms with Crippen molar-refractivity contribution in [1.29, 1.82) is 0 Å². The lowest BCUT2D eigenvalue weighted by Gasteiger charge is -2.05. The zero-order valence-corrected chi connectivity index (χ0v) is 10.3. The summed E-state index contributed by atoms with van der Waals surface area (Å²) in [6.07, 6.45) is 1.56. The van der Waals surface area contributed by atoms with Crippen LogP contribution in [0.5, 0.6) is 5.75 Å². The van der Waals surface area contributed by atoms with Crippen molar-refractivity contribution in [2.75, 3.05) is 7.11 Å². The molecule has 2 rings (SSSR count). The molecule has 0 saturated carbocycles. The summed E-state index contributed by atoms with van der Waals surface area (Å²) in [6.45, 7) is 1.01. The lowest BCUT2D eigenvalue weighted by Crippen LogP contribution is -2.12. The second-order valence-corrected chi connectivity index (χ2v) is 3.85. The summed E-state index contributed by atoms with van der Waals surface area (Å²) in [7, 11) is 1.41. The number of ether oxygens (including phenoxy) is 1. The summed E-state index contributed by atoms with van der Waals surface area (Å²) in [5.74, 6) is 0.965. The molecular weight excluding hydrogens is 250 g/mol. The number of nitrogens with zero attached hydrogens (tertiary/aromatic N) is 2. The highest BCUT2D eigenvalue weighted by molar-refractivity contribution is 5.48. The highest BCUT2D eigenvalue weighted by Gasteiger charge is 2.14. The van der Waals surface area contributed by atoms with E-state index in [1.165, 1.54) is 13.2 Å². The zero-order valence-electron chi connectivity index (χ0n) is 10.3. The Balaban J connectivity index is 2.00. The number of hydrogen-bond acceptors (Lipinski definition) is 6. The standard InChI is InChI=1S/C12H13N3O4/c1-18-12-3-2-9(6-11(12)15(16)17)7-13-8-10-4-5-14-19-10/h2-6,13H,7-8H2,1H3. The van der Waals surface area contributed by atoms with Crippen molar-refractivity contribution in [2.24, 2.45) is 0 Å². The van der Waals surface area contributed by atoms with Crippen LogP contribution in [0.15, 0.2) is 35.0 Å². The fraction of sp³-hybridized carbons (Fsp3) is 0.250. The number of rotatable bonds is 6. The van der Waals surface area contributed by atoms with Crippen molar-refractivity contribution in [3.8, 4) is 5.75 Å². The fourth-order valence-corrected chi connectivity index (χ4v) is 1.65.